The van der Waals surface area contributed by atoms with Crippen molar-refractivity contribution in [1.82, 2.24) is 9.97 Å². The van der Waals surface area contributed by atoms with Crippen molar-refractivity contribution < 1.29 is 4.74 Å². The number of ether oxygens (including phenoxy) is 1. The van der Waals surface area contributed by atoms with Gasteiger partial charge in [0, 0.05) is 19.3 Å². The minimum Gasteiger partial charge on any atom is -0.376 e. The van der Waals surface area contributed by atoms with Crippen LogP contribution in [0.5, 0.6) is 0 Å². The number of hydrogen-bond acceptors (Lipinski definition) is 4. The van der Waals surface area contributed by atoms with Crippen molar-refractivity contribution in [2.75, 3.05) is 18.5 Å². The second-order valence-corrected chi connectivity index (χ2v) is 3.56. The molecule has 14 heavy (non-hydrogen) atoms. The fourth-order valence-electron chi connectivity index (χ4n) is 1.46. The molecule has 5 heteroatoms. The molecular weight excluding hydrogens is 202 g/mol. The molecule has 1 atom stereocenters. The molecule has 0 spiro atoms. The van der Waals surface area contributed by atoms with Crippen LogP contribution >= 0.6 is 11.6 Å². The highest BCUT2D eigenvalue weighted by Crippen LogP contribution is 2.13. The van der Waals surface area contributed by atoms with Crippen LogP contribution in [0.4, 0.5) is 5.82 Å². The first-order valence-electron chi connectivity index (χ1n) is 4.68. The van der Waals surface area contributed by atoms with Gasteiger partial charge in [0.1, 0.15) is 5.82 Å². The smallest absolute Gasteiger partial charge is 0.224 e. The highest BCUT2D eigenvalue weighted by atomic mass is 35.5. The van der Waals surface area contributed by atoms with Crippen molar-refractivity contribution in [3.63, 3.8) is 0 Å². The van der Waals surface area contributed by atoms with Gasteiger partial charge in [0.15, 0.2) is 0 Å². The Labute approximate surface area is 87.7 Å². The van der Waals surface area contributed by atoms with Gasteiger partial charge in [-0.25, -0.2) is 9.97 Å². The van der Waals surface area contributed by atoms with E-state index >= 15 is 0 Å². The summed E-state index contributed by atoms with van der Waals surface area (Å²) in [6.45, 7) is 1.66. The predicted octanol–water partition coefficient (Wildman–Crippen LogP) is 1.72. The van der Waals surface area contributed by atoms with E-state index in [9.17, 15) is 0 Å². The Hall–Kier alpha value is -0.870. The van der Waals surface area contributed by atoms with E-state index in [2.05, 4.69) is 15.3 Å². The van der Waals surface area contributed by atoms with Gasteiger partial charge in [0.2, 0.25) is 5.28 Å². The topological polar surface area (TPSA) is 47.0 Å². The predicted molar refractivity (Wildman–Crippen MR) is 54.5 cm³/mol. The third-order valence-corrected chi connectivity index (χ3v) is 2.34. The standard InChI is InChI=1S/C9H12ClN3O/c10-9-11-4-3-8(13-9)12-6-7-2-1-5-14-7/h3-4,7H,1-2,5-6H2,(H,11,12,13)/t7-/m1/s1. The molecule has 4 nitrogen and oxygen atoms in total. The lowest BCUT2D eigenvalue weighted by atomic mass is 10.2. The van der Waals surface area contributed by atoms with Crippen LogP contribution in [0.3, 0.4) is 0 Å². The van der Waals surface area contributed by atoms with Gasteiger partial charge in [0.05, 0.1) is 6.10 Å². The van der Waals surface area contributed by atoms with Crippen molar-refractivity contribution in [2.24, 2.45) is 0 Å². The highest BCUT2D eigenvalue weighted by molar-refractivity contribution is 6.28. The van der Waals surface area contributed by atoms with Crippen LogP contribution in [0.1, 0.15) is 12.8 Å². The number of nitrogens with zero attached hydrogens (tertiary/aromatic N) is 2. The normalized spacial score (nSPS) is 21.1. The van der Waals surface area contributed by atoms with E-state index in [-0.39, 0.29) is 5.28 Å². The third-order valence-electron chi connectivity index (χ3n) is 2.16. The molecule has 1 aromatic heterocycles. The number of nitrogens with one attached hydrogen (secondary N) is 1. The summed E-state index contributed by atoms with van der Waals surface area (Å²) in [6, 6.07) is 1.79. The number of hydrogen-bond donors (Lipinski definition) is 1. The molecule has 0 saturated carbocycles. The summed E-state index contributed by atoms with van der Waals surface area (Å²) in [7, 11) is 0. The molecule has 0 aliphatic carbocycles. The largest absolute Gasteiger partial charge is 0.376 e. The van der Waals surface area contributed by atoms with E-state index in [1.54, 1.807) is 12.3 Å². The Morgan fingerprint density at radius 3 is 3.29 bits per heavy atom. The highest BCUT2D eigenvalue weighted by Gasteiger charge is 2.14. The number of rotatable bonds is 3. The average molecular weight is 214 g/mol. The summed E-state index contributed by atoms with van der Waals surface area (Å²) >= 11 is 5.65. The van der Waals surface area contributed by atoms with E-state index in [0.717, 1.165) is 31.8 Å². The van der Waals surface area contributed by atoms with Crippen LogP contribution < -0.4 is 5.32 Å². The molecule has 2 heterocycles. The van der Waals surface area contributed by atoms with E-state index in [1.165, 1.54) is 0 Å². The van der Waals surface area contributed by atoms with Gasteiger partial charge in [-0.3, -0.25) is 0 Å². The molecule has 1 aliphatic rings. The molecule has 1 aliphatic heterocycles. The number of aromatic nitrogens is 2. The molecule has 1 aromatic rings. The van der Waals surface area contributed by atoms with Crippen molar-refractivity contribution in [1.29, 1.82) is 0 Å². The lowest BCUT2D eigenvalue weighted by molar-refractivity contribution is 0.120. The second-order valence-electron chi connectivity index (χ2n) is 3.23. The Morgan fingerprint density at radius 1 is 1.64 bits per heavy atom. The zero-order chi connectivity index (χ0) is 9.80. The van der Waals surface area contributed by atoms with Crippen LogP contribution in [0.2, 0.25) is 5.28 Å². The third kappa shape index (κ3) is 2.56. The maximum Gasteiger partial charge on any atom is 0.224 e. The van der Waals surface area contributed by atoms with Gasteiger partial charge in [0.25, 0.3) is 0 Å². The lowest BCUT2D eigenvalue weighted by Gasteiger charge is -2.10. The fraction of sp³-hybridized carbons (Fsp3) is 0.556. The Kier molecular flexibility index (Phi) is 3.16. The molecular formula is C9H12ClN3O. The molecule has 0 bridgehead atoms. The molecule has 0 unspecified atom stereocenters. The summed E-state index contributed by atoms with van der Waals surface area (Å²) in [5.74, 6) is 0.750. The van der Waals surface area contributed by atoms with Crippen LogP contribution in [0, 0.1) is 0 Å². The molecule has 76 valence electrons. The summed E-state index contributed by atoms with van der Waals surface area (Å²) in [6.07, 6.45) is 4.21. The van der Waals surface area contributed by atoms with E-state index in [0.29, 0.717) is 6.10 Å². The summed E-state index contributed by atoms with van der Waals surface area (Å²) in [5, 5.41) is 3.43. The maximum atomic E-state index is 5.65. The maximum absolute atomic E-state index is 5.65. The first-order valence-corrected chi connectivity index (χ1v) is 5.06. The quantitative estimate of drug-likeness (QED) is 0.777. The summed E-state index contributed by atoms with van der Waals surface area (Å²) < 4.78 is 5.47. The first kappa shape index (κ1) is 9.68. The average Bonchev–Trinajstić information content (AvgIpc) is 2.67. The van der Waals surface area contributed by atoms with Gasteiger partial charge < -0.3 is 10.1 Å². The number of anilines is 1. The fourth-order valence-corrected chi connectivity index (χ4v) is 1.60. The Morgan fingerprint density at radius 2 is 2.57 bits per heavy atom. The lowest BCUT2D eigenvalue weighted by Crippen LogP contribution is -2.18. The molecule has 2 rings (SSSR count). The minimum atomic E-state index is 0.266. The molecule has 1 N–H and O–H groups in total. The van der Waals surface area contributed by atoms with Crippen LogP contribution in [0.15, 0.2) is 12.3 Å². The Balaban J connectivity index is 1.85. The van der Waals surface area contributed by atoms with E-state index in [1.807, 2.05) is 0 Å². The minimum absolute atomic E-state index is 0.266. The van der Waals surface area contributed by atoms with E-state index < -0.39 is 0 Å². The van der Waals surface area contributed by atoms with Gasteiger partial charge in [-0.2, -0.15) is 0 Å². The van der Waals surface area contributed by atoms with Crippen molar-refractivity contribution >= 4 is 17.4 Å². The monoisotopic (exact) mass is 213 g/mol. The van der Waals surface area contributed by atoms with Gasteiger partial charge >= 0.3 is 0 Å². The number of halogens is 1. The van der Waals surface area contributed by atoms with Gasteiger partial charge in [-0.15, -0.1) is 0 Å². The molecule has 1 fully saturated rings. The second kappa shape index (κ2) is 4.57. The summed E-state index contributed by atoms with van der Waals surface area (Å²) in [4.78, 5) is 7.82. The van der Waals surface area contributed by atoms with Crippen LogP contribution in [-0.4, -0.2) is 29.2 Å². The van der Waals surface area contributed by atoms with Crippen molar-refractivity contribution in [3.05, 3.63) is 17.5 Å². The van der Waals surface area contributed by atoms with E-state index in [4.69, 9.17) is 16.3 Å². The van der Waals surface area contributed by atoms with Gasteiger partial charge in [-0.1, -0.05) is 0 Å². The molecule has 1 saturated heterocycles. The zero-order valence-electron chi connectivity index (χ0n) is 7.74. The van der Waals surface area contributed by atoms with Crippen LogP contribution in [0.25, 0.3) is 0 Å². The molecule has 0 amide bonds. The molecule has 0 aromatic carbocycles. The first-order chi connectivity index (χ1) is 6.84. The molecule has 0 radical (unpaired) electrons. The Bertz CT molecular complexity index is 302. The van der Waals surface area contributed by atoms with Crippen LogP contribution in [-0.2, 0) is 4.74 Å². The van der Waals surface area contributed by atoms with Gasteiger partial charge in [-0.05, 0) is 30.5 Å². The van der Waals surface area contributed by atoms with Crippen molar-refractivity contribution in [3.8, 4) is 0 Å². The van der Waals surface area contributed by atoms with Crippen molar-refractivity contribution in [2.45, 2.75) is 18.9 Å². The SMILES string of the molecule is Clc1nccc(NC[C@H]2CCCO2)n1. The zero-order valence-corrected chi connectivity index (χ0v) is 8.50. The summed E-state index contributed by atoms with van der Waals surface area (Å²) in [5.41, 5.74) is 0.